The molecule has 2 heterocycles. The monoisotopic (exact) mass is 182 g/mol. The summed E-state index contributed by atoms with van der Waals surface area (Å²) in [6.07, 6.45) is 9.67. The summed E-state index contributed by atoms with van der Waals surface area (Å²) < 4.78 is 0. The van der Waals surface area contributed by atoms with E-state index in [2.05, 4.69) is 22.1 Å². The van der Waals surface area contributed by atoms with E-state index in [-0.39, 0.29) is 0 Å². The van der Waals surface area contributed by atoms with E-state index in [1.54, 1.807) is 0 Å². The zero-order chi connectivity index (χ0) is 9.38. The fraction of sp³-hybridized carbons (Fsp3) is 0.167. The van der Waals surface area contributed by atoms with Crippen LogP contribution in [-0.2, 0) is 12.8 Å². The SMILES string of the molecule is c1cc2c(cn1)Cc1ccncc1C2. The van der Waals surface area contributed by atoms with Crippen LogP contribution in [0.25, 0.3) is 0 Å². The molecule has 1 aliphatic carbocycles. The maximum Gasteiger partial charge on any atom is 0.0306 e. The van der Waals surface area contributed by atoms with Gasteiger partial charge in [0.2, 0.25) is 0 Å². The molecule has 2 heteroatoms. The summed E-state index contributed by atoms with van der Waals surface area (Å²) in [6.45, 7) is 0. The Bertz CT molecular complexity index is 390. The zero-order valence-electron chi connectivity index (χ0n) is 7.77. The Morgan fingerprint density at radius 2 is 1.21 bits per heavy atom. The highest BCUT2D eigenvalue weighted by Gasteiger charge is 2.14. The van der Waals surface area contributed by atoms with Crippen LogP contribution in [0.2, 0.25) is 0 Å². The fourth-order valence-electron chi connectivity index (χ4n) is 1.99. The van der Waals surface area contributed by atoms with Gasteiger partial charge in [-0.05, 0) is 47.2 Å². The number of nitrogens with zero attached hydrogens (tertiary/aromatic N) is 2. The number of pyridine rings is 2. The van der Waals surface area contributed by atoms with Gasteiger partial charge in [0.15, 0.2) is 0 Å². The minimum Gasteiger partial charge on any atom is -0.264 e. The molecule has 1 aliphatic rings. The van der Waals surface area contributed by atoms with E-state index in [0.29, 0.717) is 0 Å². The van der Waals surface area contributed by atoms with Crippen LogP contribution in [-0.4, -0.2) is 9.97 Å². The van der Waals surface area contributed by atoms with Gasteiger partial charge < -0.3 is 0 Å². The smallest absolute Gasteiger partial charge is 0.0306 e. The molecule has 0 atom stereocenters. The van der Waals surface area contributed by atoms with Crippen LogP contribution in [0.1, 0.15) is 22.3 Å². The van der Waals surface area contributed by atoms with Crippen molar-refractivity contribution in [3.05, 3.63) is 59.2 Å². The van der Waals surface area contributed by atoms with Crippen molar-refractivity contribution < 1.29 is 0 Å². The van der Waals surface area contributed by atoms with Gasteiger partial charge in [-0.1, -0.05) is 0 Å². The van der Waals surface area contributed by atoms with Gasteiger partial charge in [-0.25, -0.2) is 0 Å². The number of hydrogen-bond donors (Lipinski definition) is 0. The molecule has 2 aromatic heterocycles. The predicted octanol–water partition coefficient (Wildman–Crippen LogP) is 1.97. The molecule has 0 unspecified atom stereocenters. The third-order valence-electron chi connectivity index (χ3n) is 2.77. The number of hydrogen-bond acceptors (Lipinski definition) is 2. The van der Waals surface area contributed by atoms with E-state index >= 15 is 0 Å². The Labute approximate surface area is 82.7 Å². The van der Waals surface area contributed by atoms with Crippen molar-refractivity contribution in [2.45, 2.75) is 12.8 Å². The Morgan fingerprint density at radius 1 is 0.714 bits per heavy atom. The molecule has 14 heavy (non-hydrogen) atoms. The second kappa shape index (κ2) is 2.91. The van der Waals surface area contributed by atoms with E-state index in [1.165, 1.54) is 22.3 Å². The Kier molecular flexibility index (Phi) is 1.60. The van der Waals surface area contributed by atoms with Crippen molar-refractivity contribution in [3.63, 3.8) is 0 Å². The van der Waals surface area contributed by atoms with Crippen LogP contribution in [0.5, 0.6) is 0 Å². The van der Waals surface area contributed by atoms with Crippen LogP contribution in [0, 0.1) is 0 Å². The number of fused-ring (bicyclic) bond motifs is 2. The van der Waals surface area contributed by atoms with E-state index in [4.69, 9.17) is 0 Å². The summed E-state index contributed by atoms with van der Waals surface area (Å²) in [7, 11) is 0. The Hall–Kier alpha value is -1.70. The van der Waals surface area contributed by atoms with Gasteiger partial charge >= 0.3 is 0 Å². The minimum absolute atomic E-state index is 1.00. The molecular formula is C12H10N2. The highest BCUT2D eigenvalue weighted by atomic mass is 14.6. The summed E-state index contributed by atoms with van der Waals surface area (Å²) >= 11 is 0. The van der Waals surface area contributed by atoms with E-state index in [9.17, 15) is 0 Å². The second-order valence-electron chi connectivity index (χ2n) is 3.64. The van der Waals surface area contributed by atoms with Crippen molar-refractivity contribution in [2.75, 3.05) is 0 Å². The van der Waals surface area contributed by atoms with Gasteiger partial charge in [0, 0.05) is 24.8 Å². The normalized spacial score (nSPS) is 13.1. The first-order valence-corrected chi connectivity index (χ1v) is 4.77. The third-order valence-corrected chi connectivity index (χ3v) is 2.77. The van der Waals surface area contributed by atoms with E-state index in [1.807, 2.05) is 24.8 Å². The molecule has 0 aromatic carbocycles. The Balaban J connectivity index is 2.12. The topological polar surface area (TPSA) is 25.8 Å². The van der Waals surface area contributed by atoms with Crippen molar-refractivity contribution in [3.8, 4) is 0 Å². The van der Waals surface area contributed by atoms with Crippen molar-refractivity contribution in [2.24, 2.45) is 0 Å². The Morgan fingerprint density at radius 3 is 1.71 bits per heavy atom. The first-order chi connectivity index (χ1) is 6.93. The van der Waals surface area contributed by atoms with Crippen LogP contribution >= 0.6 is 0 Å². The highest BCUT2D eigenvalue weighted by Crippen LogP contribution is 2.24. The summed E-state index contributed by atoms with van der Waals surface area (Å²) in [5, 5.41) is 0. The minimum atomic E-state index is 1.00. The average Bonchev–Trinajstić information content (AvgIpc) is 2.26. The van der Waals surface area contributed by atoms with Crippen LogP contribution in [0.3, 0.4) is 0 Å². The van der Waals surface area contributed by atoms with Gasteiger partial charge in [0.05, 0.1) is 0 Å². The second-order valence-corrected chi connectivity index (χ2v) is 3.64. The molecule has 0 saturated carbocycles. The first-order valence-electron chi connectivity index (χ1n) is 4.77. The largest absolute Gasteiger partial charge is 0.264 e. The number of aromatic nitrogens is 2. The summed E-state index contributed by atoms with van der Waals surface area (Å²) in [5.41, 5.74) is 5.48. The molecule has 0 aliphatic heterocycles. The van der Waals surface area contributed by atoms with Crippen LogP contribution in [0.4, 0.5) is 0 Å². The maximum atomic E-state index is 4.16. The summed E-state index contributed by atoms with van der Waals surface area (Å²) in [5.74, 6) is 0. The lowest BCUT2D eigenvalue weighted by atomic mass is 9.89. The predicted molar refractivity (Wildman–Crippen MR) is 54.1 cm³/mol. The van der Waals surface area contributed by atoms with Crippen LogP contribution < -0.4 is 0 Å². The quantitative estimate of drug-likeness (QED) is 0.531. The molecule has 2 nitrogen and oxygen atoms in total. The maximum absolute atomic E-state index is 4.16. The fourth-order valence-corrected chi connectivity index (χ4v) is 1.99. The molecule has 0 spiro atoms. The summed E-state index contributed by atoms with van der Waals surface area (Å²) in [6, 6.07) is 4.20. The summed E-state index contributed by atoms with van der Waals surface area (Å²) in [4.78, 5) is 8.31. The molecule has 0 fully saturated rings. The zero-order valence-corrected chi connectivity index (χ0v) is 7.77. The van der Waals surface area contributed by atoms with Gasteiger partial charge in [0.1, 0.15) is 0 Å². The van der Waals surface area contributed by atoms with Gasteiger partial charge in [0.25, 0.3) is 0 Å². The number of rotatable bonds is 0. The molecule has 0 radical (unpaired) electrons. The van der Waals surface area contributed by atoms with Crippen LogP contribution in [0.15, 0.2) is 36.9 Å². The van der Waals surface area contributed by atoms with Gasteiger partial charge in [-0.15, -0.1) is 0 Å². The molecule has 3 rings (SSSR count). The van der Waals surface area contributed by atoms with Gasteiger partial charge in [-0.2, -0.15) is 0 Å². The average molecular weight is 182 g/mol. The highest BCUT2D eigenvalue weighted by molar-refractivity contribution is 5.42. The molecule has 0 bridgehead atoms. The first kappa shape index (κ1) is 7.68. The molecule has 0 amide bonds. The molecular weight excluding hydrogens is 172 g/mol. The lowest BCUT2D eigenvalue weighted by Crippen LogP contribution is -2.07. The van der Waals surface area contributed by atoms with Gasteiger partial charge in [-0.3, -0.25) is 9.97 Å². The lowest BCUT2D eigenvalue weighted by molar-refractivity contribution is 0.966. The molecule has 0 saturated heterocycles. The van der Waals surface area contributed by atoms with E-state index < -0.39 is 0 Å². The van der Waals surface area contributed by atoms with Crippen molar-refractivity contribution in [1.29, 1.82) is 0 Å². The molecule has 0 N–H and O–H groups in total. The lowest BCUT2D eigenvalue weighted by Gasteiger charge is -2.17. The molecule has 68 valence electrons. The third kappa shape index (κ3) is 1.11. The molecule has 2 aromatic rings. The van der Waals surface area contributed by atoms with E-state index in [0.717, 1.165) is 12.8 Å². The standard InChI is InChI=1S/C12H10N2/c1-3-13-7-11-6-10-2-4-14-8-12(10)5-9(1)11/h1-4,7-8H,5-6H2. The van der Waals surface area contributed by atoms with Crippen molar-refractivity contribution in [1.82, 2.24) is 9.97 Å². The van der Waals surface area contributed by atoms with Crippen molar-refractivity contribution >= 4 is 0 Å².